The number of aryl methyl sites for hydroxylation is 1. The Labute approximate surface area is 128 Å². The van der Waals surface area contributed by atoms with Crippen molar-refractivity contribution < 1.29 is 4.79 Å². The number of nitriles is 1. The molecule has 0 N–H and O–H groups in total. The fourth-order valence-electron chi connectivity index (χ4n) is 2.96. The molecule has 0 bridgehead atoms. The molecule has 0 radical (unpaired) electrons. The maximum atomic E-state index is 12.8. The number of amides is 1. The quantitative estimate of drug-likeness (QED) is 0.848. The van der Waals surface area contributed by atoms with Gasteiger partial charge >= 0.3 is 0 Å². The zero-order valence-electron chi connectivity index (χ0n) is 11.9. The van der Waals surface area contributed by atoms with Crippen LogP contribution in [0.5, 0.6) is 0 Å². The summed E-state index contributed by atoms with van der Waals surface area (Å²) in [7, 11) is 1.76. The SMILES string of the molecule is CN(C(=O)C1CCCc2sccc21)c1ccccc1C#N. The fourth-order valence-corrected chi connectivity index (χ4v) is 3.94. The Morgan fingerprint density at radius 3 is 3.00 bits per heavy atom. The van der Waals surface area contributed by atoms with Crippen molar-refractivity contribution >= 4 is 22.9 Å². The van der Waals surface area contributed by atoms with Crippen LogP contribution in [-0.2, 0) is 11.2 Å². The van der Waals surface area contributed by atoms with Crippen molar-refractivity contribution in [3.05, 3.63) is 51.7 Å². The summed E-state index contributed by atoms with van der Waals surface area (Å²) in [5.41, 5.74) is 2.40. The van der Waals surface area contributed by atoms with E-state index >= 15 is 0 Å². The number of nitrogens with zero attached hydrogens (tertiary/aromatic N) is 2. The number of anilines is 1. The van der Waals surface area contributed by atoms with Crippen LogP contribution >= 0.6 is 11.3 Å². The molecule has 3 rings (SSSR count). The minimum absolute atomic E-state index is 0.0725. The fraction of sp³-hybridized carbons (Fsp3) is 0.294. The summed E-state index contributed by atoms with van der Waals surface area (Å²) in [6.45, 7) is 0. The zero-order chi connectivity index (χ0) is 14.8. The maximum Gasteiger partial charge on any atom is 0.234 e. The molecule has 1 aliphatic carbocycles. The smallest absolute Gasteiger partial charge is 0.234 e. The van der Waals surface area contributed by atoms with Gasteiger partial charge in [-0.15, -0.1) is 11.3 Å². The van der Waals surface area contributed by atoms with Crippen LogP contribution in [-0.4, -0.2) is 13.0 Å². The molecule has 1 heterocycles. The molecule has 1 amide bonds. The van der Waals surface area contributed by atoms with Crippen LogP contribution in [0.4, 0.5) is 5.69 Å². The number of thiophene rings is 1. The first-order valence-electron chi connectivity index (χ1n) is 7.05. The third kappa shape index (κ3) is 2.45. The van der Waals surface area contributed by atoms with Gasteiger partial charge in [-0.3, -0.25) is 4.79 Å². The Hall–Kier alpha value is -2.12. The van der Waals surface area contributed by atoms with Crippen molar-refractivity contribution in [3.8, 4) is 6.07 Å². The van der Waals surface area contributed by atoms with E-state index in [1.807, 2.05) is 18.2 Å². The molecule has 4 heteroatoms. The first kappa shape index (κ1) is 13.8. The summed E-state index contributed by atoms with van der Waals surface area (Å²) in [5, 5.41) is 11.3. The Morgan fingerprint density at radius 2 is 2.19 bits per heavy atom. The first-order valence-corrected chi connectivity index (χ1v) is 7.93. The van der Waals surface area contributed by atoms with E-state index in [1.54, 1.807) is 29.4 Å². The van der Waals surface area contributed by atoms with Gasteiger partial charge in [0.2, 0.25) is 5.91 Å². The lowest BCUT2D eigenvalue weighted by atomic mass is 9.86. The van der Waals surface area contributed by atoms with Gasteiger partial charge < -0.3 is 4.90 Å². The summed E-state index contributed by atoms with van der Waals surface area (Å²) in [6, 6.07) is 11.5. The second-order valence-electron chi connectivity index (χ2n) is 5.27. The third-order valence-electron chi connectivity index (χ3n) is 4.07. The Balaban J connectivity index is 1.92. The van der Waals surface area contributed by atoms with Gasteiger partial charge in [0, 0.05) is 11.9 Å². The van der Waals surface area contributed by atoms with Crippen molar-refractivity contribution in [2.75, 3.05) is 11.9 Å². The predicted octanol–water partition coefficient (Wildman–Crippen LogP) is 3.70. The van der Waals surface area contributed by atoms with E-state index in [-0.39, 0.29) is 11.8 Å². The molecule has 1 unspecified atom stereocenters. The predicted molar refractivity (Wildman–Crippen MR) is 84.6 cm³/mol. The Bertz CT molecular complexity index is 714. The topological polar surface area (TPSA) is 44.1 Å². The monoisotopic (exact) mass is 296 g/mol. The van der Waals surface area contributed by atoms with Crippen molar-refractivity contribution in [3.63, 3.8) is 0 Å². The van der Waals surface area contributed by atoms with Crippen molar-refractivity contribution in [1.29, 1.82) is 5.26 Å². The molecule has 1 aliphatic rings. The second kappa shape index (κ2) is 5.71. The molecule has 0 saturated carbocycles. The number of carbonyl (C=O) groups is 1. The Morgan fingerprint density at radius 1 is 1.38 bits per heavy atom. The van der Waals surface area contributed by atoms with Crippen LogP contribution in [0.2, 0.25) is 0 Å². The molecule has 0 spiro atoms. The molecular formula is C17H16N2OS. The van der Waals surface area contributed by atoms with E-state index in [9.17, 15) is 10.1 Å². The standard InChI is InChI=1S/C17H16N2OS/c1-19(15-7-3-2-5-12(15)11-18)17(20)14-6-4-8-16-13(14)9-10-21-16/h2-3,5,7,9-10,14H,4,6,8H2,1H3. The van der Waals surface area contributed by atoms with Gasteiger partial charge in [0.05, 0.1) is 17.2 Å². The van der Waals surface area contributed by atoms with Gasteiger partial charge in [0.15, 0.2) is 0 Å². The Kier molecular flexibility index (Phi) is 3.76. The molecule has 106 valence electrons. The van der Waals surface area contributed by atoms with Gasteiger partial charge in [-0.25, -0.2) is 0 Å². The van der Waals surface area contributed by atoms with Gasteiger partial charge in [-0.05, 0) is 48.4 Å². The van der Waals surface area contributed by atoms with Gasteiger partial charge in [-0.1, -0.05) is 12.1 Å². The van der Waals surface area contributed by atoms with Crippen molar-refractivity contribution in [2.45, 2.75) is 25.2 Å². The van der Waals surface area contributed by atoms with E-state index in [0.29, 0.717) is 11.3 Å². The van der Waals surface area contributed by atoms with Crippen LogP contribution in [0.25, 0.3) is 0 Å². The minimum atomic E-state index is -0.0725. The number of para-hydroxylation sites is 1. The average Bonchev–Trinajstić information content (AvgIpc) is 3.02. The summed E-state index contributed by atoms with van der Waals surface area (Å²) in [5.74, 6) is 0.00815. The third-order valence-corrected chi connectivity index (χ3v) is 5.06. The minimum Gasteiger partial charge on any atom is -0.314 e. The number of fused-ring (bicyclic) bond motifs is 1. The molecule has 0 saturated heterocycles. The van der Waals surface area contributed by atoms with Crippen LogP contribution < -0.4 is 4.90 Å². The number of benzene rings is 1. The van der Waals surface area contributed by atoms with E-state index in [0.717, 1.165) is 19.3 Å². The number of rotatable bonds is 2. The molecule has 2 aromatic rings. The van der Waals surface area contributed by atoms with E-state index < -0.39 is 0 Å². The van der Waals surface area contributed by atoms with E-state index in [4.69, 9.17) is 0 Å². The van der Waals surface area contributed by atoms with Gasteiger partial charge in [-0.2, -0.15) is 5.26 Å². The summed E-state index contributed by atoms with van der Waals surface area (Å²) in [6.07, 6.45) is 3.02. The molecule has 1 aromatic carbocycles. The zero-order valence-corrected chi connectivity index (χ0v) is 12.7. The second-order valence-corrected chi connectivity index (χ2v) is 6.27. The first-order chi connectivity index (χ1) is 10.2. The molecule has 1 atom stereocenters. The molecule has 21 heavy (non-hydrogen) atoms. The highest BCUT2D eigenvalue weighted by Gasteiger charge is 2.30. The van der Waals surface area contributed by atoms with Crippen LogP contribution in [0.15, 0.2) is 35.7 Å². The van der Waals surface area contributed by atoms with Crippen molar-refractivity contribution in [1.82, 2.24) is 0 Å². The average molecular weight is 296 g/mol. The number of hydrogen-bond donors (Lipinski definition) is 0. The van der Waals surface area contributed by atoms with E-state index in [1.165, 1.54) is 10.4 Å². The van der Waals surface area contributed by atoms with E-state index in [2.05, 4.69) is 17.5 Å². The lowest BCUT2D eigenvalue weighted by molar-refractivity contribution is -0.120. The highest BCUT2D eigenvalue weighted by atomic mass is 32.1. The summed E-state index contributed by atoms with van der Waals surface area (Å²) in [4.78, 5) is 15.8. The van der Waals surface area contributed by atoms with Gasteiger partial charge in [0.25, 0.3) is 0 Å². The highest BCUT2D eigenvalue weighted by molar-refractivity contribution is 7.10. The summed E-state index contributed by atoms with van der Waals surface area (Å²) >= 11 is 1.74. The molecule has 3 nitrogen and oxygen atoms in total. The van der Waals surface area contributed by atoms with Crippen LogP contribution in [0.3, 0.4) is 0 Å². The molecule has 1 aromatic heterocycles. The van der Waals surface area contributed by atoms with Crippen LogP contribution in [0, 0.1) is 11.3 Å². The van der Waals surface area contributed by atoms with Crippen LogP contribution in [0.1, 0.15) is 34.8 Å². The number of likely N-dealkylation sites (N-methyl/N-ethyl adjacent to an activating group) is 1. The molecular weight excluding hydrogens is 280 g/mol. The lowest BCUT2D eigenvalue weighted by Gasteiger charge is -2.27. The lowest BCUT2D eigenvalue weighted by Crippen LogP contribution is -2.33. The normalized spacial score (nSPS) is 16.9. The van der Waals surface area contributed by atoms with Gasteiger partial charge in [0.1, 0.15) is 6.07 Å². The molecule has 0 aliphatic heterocycles. The highest BCUT2D eigenvalue weighted by Crippen LogP contribution is 2.36. The summed E-state index contributed by atoms with van der Waals surface area (Å²) < 4.78 is 0. The van der Waals surface area contributed by atoms with Crippen molar-refractivity contribution in [2.24, 2.45) is 0 Å². The number of hydrogen-bond acceptors (Lipinski definition) is 3. The molecule has 0 fully saturated rings. The largest absolute Gasteiger partial charge is 0.314 e. The maximum absolute atomic E-state index is 12.8. The number of carbonyl (C=O) groups excluding carboxylic acids is 1.